The SMILES string of the molecule is N#Cc1cccc(N2C=C(N)N(O)O2)c1F. The van der Waals surface area contributed by atoms with Gasteiger partial charge in [0, 0.05) is 0 Å². The Morgan fingerprint density at radius 2 is 2.25 bits per heavy atom. The van der Waals surface area contributed by atoms with Crippen molar-refractivity contribution in [3.05, 3.63) is 41.6 Å². The molecule has 0 amide bonds. The van der Waals surface area contributed by atoms with Gasteiger partial charge in [0.25, 0.3) is 0 Å². The van der Waals surface area contributed by atoms with E-state index in [0.29, 0.717) is 5.23 Å². The number of hydrogen-bond acceptors (Lipinski definition) is 6. The fourth-order valence-corrected chi connectivity index (χ4v) is 1.21. The highest BCUT2D eigenvalue weighted by Crippen LogP contribution is 2.26. The first-order valence-electron chi connectivity index (χ1n) is 4.25. The summed E-state index contributed by atoms with van der Waals surface area (Å²) in [5.41, 5.74) is 5.17. The Morgan fingerprint density at radius 1 is 1.50 bits per heavy atom. The average molecular weight is 222 g/mol. The largest absolute Gasteiger partial charge is 0.380 e. The molecule has 0 unspecified atom stereocenters. The molecule has 7 heteroatoms. The molecule has 0 spiro atoms. The zero-order valence-electron chi connectivity index (χ0n) is 7.96. The normalized spacial score (nSPS) is 14.9. The fraction of sp³-hybridized carbons (Fsp3) is 0. The standard InChI is InChI=1S/C9H7FN4O2/c10-9-6(4-11)2-1-3-7(9)13-5-8(12)14(15)16-13/h1-3,5,15H,12H2. The summed E-state index contributed by atoms with van der Waals surface area (Å²) in [7, 11) is 0. The number of hydrogen-bond donors (Lipinski definition) is 2. The van der Waals surface area contributed by atoms with Crippen molar-refractivity contribution in [1.29, 1.82) is 5.26 Å². The second-order valence-corrected chi connectivity index (χ2v) is 2.98. The number of anilines is 1. The number of nitriles is 1. The van der Waals surface area contributed by atoms with Crippen LogP contribution in [0.25, 0.3) is 0 Å². The smallest absolute Gasteiger partial charge is 0.176 e. The van der Waals surface area contributed by atoms with Crippen LogP contribution in [0, 0.1) is 17.1 Å². The third-order valence-corrected chi connectivity index (χ3v) is 1.97. The van der Waals surface area contributed by atoms with Gasteiger partial charge in [-0.25, -0.2) is 4.39 Å². The molecule has 1 aromatic rings. The molecule has 0 aromatic heterocycles. The van der Waals surface area contributed by atoms with Crippen LogP contribution in [0.5, 0.6) is 0 Å². The van der Waals surface area contributed by atoms with E-state index in [2.05, 4.69) is 0 Å². The number of benzene rings is 1. The van der Waals surface area contributed by atoms with E-state index in [-0.39, 0.29) is 17.1 Å². The summed E-state index contributed by atoms with van der Waals surface area (Å²) in [6, 6.07) is 5.91. The Labute approximate surface area is 90.0 Å². The van der Waals surface area contributed by atoms with E-state index in [4.69, 9.17) is 21.1 Å². The molecule has 0 saturated heterocycles. The fourth-order valence-electron chi connectivity index (χ4n) is 1.21. The zero-order chi connectivity index (χ0) is 11.7. The Hall–Kier alpha value is -2.30. The van der Waals surface area contributed by atoms with Gasteiger partial charge in [-0.3, -0.25) is 5.21 Å². The molecule has 6 nitrogen and oxygen atoms in total. The molecule has 1 aliphatic rings. The second kappa shape index (κ2) is 3.69. The first-order valence-corrected chi connectivity index (χ1v) is 4.25. The maximum atomic E-state index is 13.7. The lowest BCUT2D eigenvalue weighted by Crippen LogP contribution is -2.23. The minimum Gasteiger partial charge on any atom is -0.380 e. The zero-order valence-corrected chi connectivity index (χ0v) is 7.96. The molecule has 0 atom stereocenters. The number of halogens is 1. The molecule has 0 fully saturated rings. The van der Waals surface area contributed by atoms with E-state index in [0.717, 1.165) is 5.06 Å². The van der Waals surface area contributed by atoms with Crippen LogP contribution in [0.4, 0.5) is 10.1 Å². The van der Waals surface area contributed by atoms with Crippen molar-refractivity contribution in [2.45, 2.75) is 0 Å². The summed E-state index contributed by atoms with van der Waals surface area (Å²) in [6.45, 7) is 0. The van der Waals surface area contributed by atoms with Gasteiger partial charge >= 0.3 is 0 Å². The molecule has 82 valence electrons. The van der Waals surface area contributed by atoms with Crippen LogP contribution in [0.3, 0.4) is 0 Å². The summed E-state index contributed by atoms with van der Waals surface area (Å²) in [4.78, 5) is 4.70. The van der Waals surface area contributed by atoms with E-state index in [1.54, 1.807) is 6.07 Å². The van der Waals surface area contributed by atoms with Crippen LogP contribution in [-0.4, -0.2) is 10.4 Å². The lowest BCUT2D eigenvalue weighted by Gasteiger charge is -2.15. The third kappa shape index (κ3) is 1.52. The van der Waals surface area contributed by atoms with Gasteiger partial charge in [-0.1, -0.05) is 11.3 Å². The number of nitrogens with zero attached hydrogens (tertiary/aromatic N) is 3. The van der Waals surface area contributed by atoms with Crippen molar-refractivity contribution in [2.75, 3.05) is 5.06 Å². The van der Waals surface area contributed by atoms with Crippen LogP contribution in [0.15, 0.2) is 30.2 Å². The van der Waals surface area contributed by atoms with E-state index in [1.807, 2.05) is 0 Å². The molecule has 1 aliphatic heterocycles. The van der Waals surface area contributed by atoms with Gasteiger partial charge in [0.05, 0.1) is 11.8 Å². The summed E-state index contributed by atoms with van der Waals surface area (Å²) in [5.74, 6) is -0.842. The molecular weight excluding hydrogens is 215 g/mol. The Kier molecular flexibility index (Phi) is 2.36. The highest BCUT2D eigenvalue weighted by atomic mass is 19.1. The van der Waals surface area contributed by atoms with Crippen LogP contribution in [-0.2, 0) is 4.94 Å². The number of hydroxylamine groups is 3. The van der Waals surface area contributed by atoms with Gasteiger partial charge in [0.2, 0.25) is 0 Å². The number of rotatable bonds is 1. The lowest BCUT2D eigenvalue weighted by atomic mass is 10.2. The topological polar surface area (TPSA) is 85.8 Å². The van der Waals surface area contributed by atoms with Gasteiger partial charge in [0.15, 0.2) is 11.6 Å². The van der Waals surface area contributed by atoms with Crippen molar-refractivity contribution in [1.82, 2.24) is 5.23 Å². The van der Waals surface area contributed by atoms with Crippen molar-refractivity contribution >= 4 is 5.69 Å². The van der Waals surface area contributed by atoms with Gasteiger partial charge in [-0.15, -0.1) is 4.94 Å². The summed E-state index contributed by atoms with van der Waals surface area (Å²) < 4.78 is 13.7. The molecular formula is C9H7FN4O2. The number of nitrogens with two attached hydrogens (primary N) is 1. The van der Waals surface area contributed by atoms with Crippen molar-refractivity contribution in [3.63, 3.8) is 0 Å². The molecule has 1 aromatic carbocycles. The third-order valence-electron chi connectivity index (χ3n) is 1.97. The van der Waals surface area contributed by atoms with Gasteiger partial charge in [-0.05, 0) is 12.1 Å². The van der Waals surface area contributed by atoms with E-state index >= 15 is 0 Å². The predicted octanol–water partition coefficient (Wildman–Crippen LogP) is 0.813. The molecule has 3 N–H and O–H groups in total. The van der Waals surface area contributed by atoms with Gasteiger partial charge in [-0.2, -0.15) is 10.3 Å². The predicted molar refractivity (Wildman–Crippen MR) is 50.6 cm³/mol. The summed E-state index contributed by atoms with van der Waals surface area (Å²) >= 11 is 0. The van der Waals surface area contributed by atoms with Crippen molar-refractivity contribution in [2.24, 2.45) is 5.73 Å². The minimum atomic E-state index is -0.746. The van der Waals surface area contributed by atoms with E-state index in [1.165, 1.54) is 24.4 Å². The van der Waals surface area contributed by atoms with Crippen LogP contribution in [0.1, 0.15) is 5.56 Å². The molecule has 1 heterocycles. The van der Waals surface area contributed by atoms with E-state index in [9.17, 15) is 4.39 Å². The van der Waals surface area contributed by atoms with Gasteiger partial charge < -0.3 is 5.73 Å². The molecule has 2 rings (SSSR count). The van der Waals surface area contributed by atoms with Crippen LogP contribution < -0.4 is 10.8 Å². The molecule has 0 bridgehead atoms. The summed E-state index contributed by atoms with van der Waals surface area (Å²) in [6.07, 6.45) is 1.18. The van der Waals surface area contributed by atoms with Crippen LogP contribution in [0.2, 0.25) is 0 Å². The lowest BCUT2D eigenvalue weighted by molar-refractivity contribution is -0.304. The second-order valence-electron chi connectivity index (χ2n) is 2.98. The van der Waals surface area contributed by atoms with Gasteiger partial charge in [0.1, 0.15) is 11.8 Å². The highest BCUT2D eigenvalue weighted by Gasteiger charge is 2.23. The monoisotopic (exact) mass is 222 g/mol. The molecule has 0 aliphatic carbocycles. The maximum absolute atomic E-state index is 13.7. The first kappa shape index (κ1) is 10.2. The van der Waals surface area contributed by atoms with Crippen molar-refractivity contribution < 1.29 is 14.5 Å². The Morgan fingerprint density at radius 3 is 2.81 bits per heavy atom. The first-order chi connectivity index (χ1) is 7.63. The van der Waals surface area contributed by atoms with Crippen molar-refractivity contribution in [3.8, 4) is 6.07 Å². The molecule has 0 radical (unpaired) electrons. The van der Waals surface area contributed by atoms with Crippen LogP contribution >= 0.6 is 0 Å². The Bertz CT molecular complexity index is 497. The Balaban J connectivity index is 2.40. The quantitative estimate of drug-likeness (QED) is 0.731. The average Bonchev–Trinajstić information content (AvgIpc) is 2.59. The minimum absolute atomic E-state index is 0.0152. The highest BCUT2D eigenvalue weighted by molar-refractivity contribution is 5.53. The summed E-state index contributed by atoms with van der Waals surface area (Å²) in [5, 5.41) is 18.9. The molecule has 0 saturated carbocycles. The maximum Gasteiger partial charge on any atom is 0.176 e. The van der Waals surface area contributed by atoms with E-state index < -0.39 is 5.82 Å². The molecule has 16 heavy (non-hydrogen) atoms.